The number of ether oxygens (including phenoxy) is 2. The number of amides is 1. The normalized spacial score (nSPS) is 12.7. The molecule has 0 fully saturated rings. The molecule has 0 saturated carbocycles. The van der Waals surface area contributed by atoms with Crippen LogP contribution in [0.2, 0.25) is 0 Å². The summed E-state index contributed by atoms with van der Waals surface area (Å²) >= 11 is 0. The Kier molecular flexibility index (Phi) is 7.07. The highest BCUT2D eigenvalue weighted by atomic mass is 16.5. The number of Topliss-reactive ketones (excluding diaryl/α,β-unsaturated/α-hetero) is 1. The van der Waals surface area contributed by atoms with Crippen molar-refractivity contribution in [2.45, 2.75) is 45.6 Å². The van der Waals surface area contributed by atoms with Crippen molar-refractivity contribution in [1.82, 2.24) is 9.55 Å². The van der Waals surface area contributed by atoms with E-state index in [0.29, 0.717) is 36.5 Å². The predicted molar refractivity (Wildman–Crippen MR) is 127 cm³/mol. The number of hydrogen-bond donors (Lipinski definition) is 1. The summed E-state index contributed by atoms with van der Waals surface area (Å²) in [7, 11) is 1.53. The molecule has 7 nitrogen and oxygen atoms in total. The molecule has 172 valence electrons. The molecule has 0 spiro atoms. The molecule has 3 aromatic rings. The van der Waals surface area contributed by atoms with Crippen molar-refractivity contribution >= 4 is 17.4 Å². The van der Waals surface area contributed by atoms with Gasteiger partial charge in [0.1, 0.15) is 5.82 Å². The molecule has 0 aliphatic carbocycles. The van der Waals surface area contributed by atoms with Crippen LogP contribution in [0.25, 0.3) is 11.4 Å². The number of benzene rings is 2. The minimum Gasteiger partial charge on any atom is -0.493 e. The van der Waals surface area contributed by atoms with E-state index < -0.39 is 0 Å². The fourth-order valence-electron chi connectivity index (χ4n) is 4.01. The zero-order valence-corrected chi connectivity index (χ0v) is 19.1. The molecule has 33 heavy (non-hydrogen) atoms. The zero-order chi connectivity index (χ0) is 23.2. The molecule has 1 amide bonds. The monoisotopic (exact) mass is 447 g/mol. The molecular weight excluding hydrogens is 418 g/mol. The van der Waals surface area contributed by atoms with Gasteiger partial charge < -0.3 is 19.4 Å². The zero-order valence-electron chi connectivity index (χ0n) is 19.1. The second kappa shape index (κ2) is 10.3. The smallest absolute Gasteiger partial charge is 0.224 e. The summed E-state index contributed by atoms with van der Waals surface area (Å²) in [5.41, 5.74) is 3.68. The van der Waals surface area contributed by atoms with Gasteiger partial charge in [-0.3, -0.25) is 9.59 Å². The Balaban J connectivity index is 1.26. The van der Waals surface area contributed by atoms with Gasteiger partial charge in [-0.1, -0.05) is 0 Å². The highest BCUT2D eigenvalue weighted by molar-refractivity contribution is 5.94. The van der Waals surface area contributed by atoms with Crippen molar-refractivity contribution in [2.24, 2.45) is 0 Å². The van der Waals surface area contributed by atoms with Crippen LogP contribution in [-0.2, 0) is 17.8 Å². The van der Waals surface area contributed by atoms with Crippen LogP contribution in [0.1, 0.15) is 48.7 Å². The van der Waals surface area contributed by atoms with E-state index in [1.807, 2.05) is 30.5 Å². The molecule has 7 heteroatoms. The van der Waals surface area contributed by atoms with Gasteiger partial charge in [0.05, 0.1) is 13.7 Å². The lowest BCUT2D eigenvalue weighted by Crippen LogP contribution is -2.13. The summed E-state index contributed by atoms with van der Waals surface area (Å²) in [5, 5.41) is 2.93. The molecule has 1 aliphatic heterocycles. The summed E-state index contributed by atoms with van der Waals surface area (Å²) < 4.78 is 13.3. The highest BCUT2D eigenvalue weighted by Crippen LogP contribution is 2.29. The van der Waals surface area contributed by atoms with Gasteiger partial charge >= 0.3 is 0 Å². The Bertz CT molecular complexity index is 1130. The standard InChI is InChI=1S/C26H29N3O4/c1-18(30)20-10-13-23(24(16-20)32-2)33-15-5-7-25(31)28-21-11-8-19(9-12-21)26-27-17-22-6-3-4-14-29(22)26/h8-13,16-17H,3-7,14-15H2,1-2H3,(H,28,31). The molecular formula is C26H29N3O4. The maximum Gasteiger partial charge on any atom is 0.224 e. The number of fused-ring (bicyclic) bond motifs is 1. The second-order valence-corrected chi connectivity index (χ2v) is 8.18. The van der Waals surface area contributed by atoms with E-state index in [1.54, 1.807) is 18.2 Å². The number of methoxy groups -OCH3 is 1. The average molecular weight is 448 g/mol. The molecule has 2 aromatic carbocycles. The Labute approximate surface area is 193 Å². The molecule has 0 radical (unpaired) electrons. The number of ketones is 1. The van der Waals surface area contributed by atoms with Crippen molar-refractivity contribution in [3.8, 4) is 22.9 Å². The predicted octanol–water partition coefficient (Wildman–Crippen LogP) is 4.90. The van der Waals surface area contributed by atoms with E-state index in [2.05, 4.69) is 14.9 Å². The van der Waals surface area contributed by atoms with Gasteiger partial charge in [0.15, 0.2) is 17.3 Å². The molecule has 4 rings (SSSR count). The van der Waals surface area contributed by atoms with Crippen LogP contribution < -0.4 is 14.8 Å². The molecule has 1 aliphatic rings. The molecule has 0 bridgehead atoms. The minimum absolute atomic E-state index is 0.0336. The van der Waals surface area contributed by atoms with Crippen LogP contribution in [0.5, 0.6) is 11.5 Å². The van der Waals surface area contributed by atoms with Gasteiger partial charge in [-0.2, -0.15) is 0 Å². The number of hydrogen-bond acceptors (Lipinski definition) is 5. The number of nitrogens with one attached hydrogen (secondary N) is 1. The maximum atomic E-state index is 12.3. The van der Waals surface area contributed by atoms with Crippen LogP contribution in [-0.4, -0.2) is 35.0 Å². The minimum atomic E-state index is -0.0663. The van der Waals surface area contributed by atoms with Gasteiger partial charge in [-0.15, -0.1) is 0 Å². The Morgan fingerprint density at radius 1 is 1.09 bits per heavy atom. The molecule has 1 aromatic heterocycles. The van der Waals surface area contributed by atoms with Crippen LogP contribution in [0.3, 0.4) is 0 Å². The fourth-order valence-corrected chi connectivity index (χ4v) is 4.01. The van der Waals surface area contributed by atoms with Crippen molar-refractivity contribution < 1.29 is 19.1 Å². The van der Waals surface area contributed by atoms with Gasteiger partial charge in [-0.05, 0) is 75.1 Å². The number of anilines is 1. The average Bonchev–Trinajstić information content (AvgIpc) is 3.26. The number of rotatable bonds is 9. The number of aromatic nitrogens is 2. The summed E-state index contributed by atoms with van der Waals surface area (Å²) in [6.45, 7) is 2.89. The van der Waals surface area contributed by atoms with E-state index in [4.69, 9.17) is 9.47 Å². The first-order chi connectivity index (χ1) is 16.0. The number of aryl methyl sites for hydroxylation is 1. The van der Waals surface area contributed by atoms with Crippen molar-refractivity contribution in [2.75, 3.05) is 19.0 Å². The van der Waals surface area contributed by atoms with Gasteiger partial charge in [0.2, 0.25) is 5.91 Å². The maximum absolute atomic E-state index is 12.3. The van der Waals surface area contributed by atoms with E-state index in [0.717, 1.165) is 30.0 Å². The Morgan fingerprint density at radius 3 is 2.67 bits per heavy atom. The van der Waals surface area contributed by atoms with E-state index >= 15 is 0 Å². The van der Waals surface area contributed by atoms with Crippen LogP contribution in [0.4, 0.5) is 5.69 Å². The lowest BCUT2D eigenvalue weighted by atomic mass is 10.1. The van der Waals surface area contributed by atoms with Gasteiger partial charge in [-0.25, -0.2) is 4.98 Å². The summed E-state index contributed by atoms with van der Waals surface area (Å²) in [5.74, 6) is 1.95. The summed E-state index contributed by atoms with van der Waals surface area (Å²) in [6.07, 6.45) is 6.36. The topological polar surface area (TPSA) is 82.4 Å². The third-order valence-electron chi connectivity index (χ3n) is 5.81. The van der Waals surface area contributed by atoms with Crippen LogP contribution >= 0.6 is 0 Å². The third-order valence-corrected chi connectivity index (χ3v) is 5.81. The first-order valence-corrected chi connectivity index (χ1v) is 11.3. The second-order valence-electron chi connectivity index (χ2n) is 8.18. The lowest BCUT2D eigenvalue weighted by molar-refractivity contribution is -0.116. The van der Waals surface area contributed by atoms with E-state index in [9.17, 15) is 9.59 Å². The number of carbonyl (C=O) groups excluding carboxylic acids is 2. The molecule has 1 N–H and O–H groups in total. The first kappa shape index (κ1) is 22.6. The number of imidazole rings is 1. The summed E-state index contributed by atoms with van der Waals surface area (Å²) in [6, 6.07) is 12.9. The SMILES string of the molecule is COc1cc(C(C)=O)ccc1OCCCC(=O)Nc1ccc(-c2ncc3n2CCCC3)cc1. The number of nitrogens with zero attached hydrogens (tertiary/aromatic N) is 2. The molecule has 0 unspecified atom stereocenters. The Hall–Kier alpha value is -3.61. The quantitative estimate of drug-likeness (QED) is 0.373. The van der Waals surface area contributed by atoms with Crippen molar-refractivity contribution in [3.05, 3.63) is 59.9 Å². The lowest BCUT2D eigenvalue weighted by Gasteiger charge is -2.16. The largest absolute Gasteiger partial charge is 0.493 e. The Morgan fingerprint density at radius 2 is 1.91 bits per heavy atom. The van der Waals surface area contributed by atoms with E-state index in [1.165, 1.54) is 32.6 Å². The van der Waals surface area contributed by atoms with Gasteiger partial charge in [0.25, 0.3) is 0 Å². The van der Waals surface area contributed by atoms with Crippen molar-refractivity contribution in [3.63, 3.8) is 0 Å². The van der Waals surface area contributed by atoms with Crippen molar-refractivity contribution in [1.29, 1.82) is 0 Å². The summed E-state index contributed by atoms with van der Waals surface area (Å²) in [4.78, 5) is 28.4. The highest BCUT2D eigenvalue weighted by Gasteiger charge is 2.15. The van der Waals surface area contributed by atoms with Crippen LogP contribution in [0, 0.1) is 0 Å². The fraction of sp³-hybridized carbons (Fsp3) is 0.346. The first-order valence-electron chi connectivity index (χ1n) is 11.3. The van der Waals surface area contributed by atoms with Crippen LogP contribution in [0.15, 0.2) is 48.7 Å². The molecule has 0 saturated heterocycles. The molecule has 0 atom stereocenters. The third kappa shape index (κ3) is 5.42. The van der Waals surface area contributed by atoms with Gasteiger partial charge in [0, 0.05) is 41.7 Å². The van der Waals surface area contributed by atoms with E-state index in [-0.39, 0.29) is 11.7 Å². The molecule has 2 heterocycles. The number of carbonyl (C=O) groups is 2.